The van der Waals surface area contributed by atoms with Crippen molar-refractivity contribution in [3.05, 3.63) is 59.3 Å². The van der Waals surface area contributed by atoms with Crippen LogP contribution in [0.4, 0.5) is 13.2 Å². The van der Waals surface area contributed by atoms with Gasteiger partial charge < -0.3 is 15.1 Å². The highest BCUT2D eigenvalue weighted by molar-refractivity contribution is 5.81. The van der Waals surface area contributed by atoms with Crippen molar-refractivity contribution in [3.63, 3.8) is 0 Å². The molecule has 1 amide bonds. The third-order valence-electron chi connectivity index (χ3n) is 3.07. The van der Waals surface area contributed by atoms with E-state index in [0.29, 0.717) is 5.76 Å². The van der Waals surface area contributed by atoms with Gasteiger partial charge in [0.1, 0.15) is 5.76 Å². The Kier molecular flexibility index (Phi) is 5.21. The van der Waals surface area contributed by atoms with Crippen LogP contribution in [0, 0.1) is 17.5 Å². The molecule has 22 heavy (non-hydrogen) atoms. The van der Waals surface area contributed by atoms with E-state index in [1.54, 1.807) is 19.1 Å². The molecule has 0 aliphatic carbocycles. The third kappa shape index (κ3) is 4.11. The molecule has 1 atom stereocenters. The number of amides is 1. The fourth-order valence-electron chi connectivity index (χ4n) is 1.81. The average molecular weight is 312 g/mol. The van der Waals surface area contributed by atoms with Gasteiger partial charge in [0.15, 0.2) is 17.5 Å². The third-order valence-corrected chi connectivity index (χ3v) is 3.07. The minimum Gasteiger partial charge on any atom is -0.467 e. The Bertz CT molecular complexity index is 621. The molecular formula is C15H15F3N2O2. The molecule has 2 aromatic rings. The summed E-state index contributed by atoms with van der Waals surface area (Å²) in [6.45, 7) is 1.88. The number of nitrogens with one attached hydrogen (secondary N) is 2. The fourth-order valence-corrected chi connectivity index (χ4v) is 1.81. The molecule has 118 valence electrons. The van der Waals surface area contributed by atoms with Gasteiger partial charge in [-0.25, -0.2) is 13.2 Å². The summed E-state index contributed by atoms with van der Waals surface area (Å²) < 4.78 is 44.0. The van der Waals surface area contributed by atoms with E-state index in [9.17, 15) is 18.0 Å². The van der Waals surface area contributed by atoms with Crippen molar-refractivity contribution in [2.45, 2.75) is 26.1 Å². The van der Waals surface area contributed by atoms with Crippen LogP contribution in [0.25, 0.3) is 0 Å². The molecule has 0 aliphatic rings. The van der Waals surface area contributed by atoms with Gasteiger partial charge in [0.2, 0.25) is 5.91 Å². The van der Waals surface area contributed by atoms with Gasteiger partial charge in [0, 0.05) is 6.54 Å². The van der Waals surface area contributed by atoms with E-state index < -0.39 is 23.5 Å². The van der Waals surface area contributed by atoms with E-state index in [1.807, 2.05) is 0 Å². The Hall–Kier alpha value is -2.28. The molecule has 1 aromatic carbocycles. The van der Waals surface area contributed by atoms with E-state index in [0.717, 1.165) is 12.1 Å². The van der Waals surface area contributed by atoms with Crippen molar-refractivity contribution in [1.82, 2.24) is 10.6 Å². The van der Waals surface area contributed by atoms with Gasteiger partial charge in [-0.15, -0.1) is 0 Å². The summed E-state index contributed by atoms with van der Waals surface area (Å²) in [5.74, 6) is -3.70. The van der Waals surface area contributed by atoms with Crippen LogP contribution in [-0.4, -0.2) is 11.9 Å². The average Bonchev–Trinajstić information content (AvgIpc) is 3.01. The normalized spacial score (nSPS) is 12.2. The van der Waals surface area contributed by atoms with Crippen molar-refractivity contribution < 1.29 is 22.4 Å². The molecule has 0 bridgehead atoms. The molecular weight excluding hydrogens is 297 g/mol. The molecule has 0 saturated carbocycles. The molecule has 0 spiro atoms. The molecule has 0 radical (unpaired) electrons. The zero-order chi connectivity index (χ0) is 16.1. The standard InChI is InChI=1S/C15H15F3N2O2/c1-9(15(21)20-8-11-3-2-4-22-11)19-7-10-5-12(16)14(18)13(17)6-10/h2-6,9,19H,7-8H2,1H3,(H,20,21). The number of hydrogen-bond donors (Lipinski definition) is 2. The second-order valence-electron chi connectivity index (χ2n) is 4.77. The first-order valence-electron chi connectivity index (χ1n) is 6.64. The SMILES string of the molecule is CC(NCc1cc(F)c(F)c(F)c1)C(=O)NCc1ccco1. The number of hydrogen-bond acceptors (Lipinski definition) is 3. The van der Waals surface area contributed by atoms with E-state index in [2.05, 4.69) is 10.6 Å². The Morgan fingerprint density at radius 1 is 1.23 bits per heavy atom. The molecule has 1 heterocycles. The topological polar surface area (TPSA) is 54.3 Å². The Balaban J connectivity index is 1.84. The van der Waals surface area contributed by atoms with Crippen LogP contribution in [0.15, 0.2) is 34.9 Å². The first-order chi connectivity index (χ1) is 10.5. The van der Waals surface area contributed by atoms with Gasteiger partial charge in [-0.05, 0) is 36.8 Å². The first-order valence-corrected chi connectivity index (χ1v) is 6.64. The Labute approximate surface area is 125 Å². The summed E-state index contributed by atoms with van der Waals surface area (Å²) in [6, 6.07) is 4.62. The lowest BCUT2D eigenvalue weighted by molar-refractivity contribution is -0.123. The molecule has 2 rings (SSSR count). The lowest BCUT2D eigenvalue weighted by Gasteiger charge is -2.14. The number of rotatable bonds is 6. The van der Waals surface area contributed by atoms with Crippen LogP contribution in [-0.2, 0) is 17.9 Å². The van der Waals surface area contributed by atoms with Crippen molar-refractivity contribution in [3.8, 4) is 0 Å². The van der Waals surface area contributed by atoms with Crippen LogP contribution >= 0.6 is 0 Å². The summed E-state index contributed by atoms with van der Waals surface area (Å²) in [6.07, 6.45) is 1.50. The molecule has 0 saturated heterocycles. The Morgan fingerprint density at radius 2 is 1.91 bits per heavy atom. The maximum Gasteiger partial charge on any atom is 0.237 e. The second kappa shape index (κ2) is 7.13. The molecule has 0 fully saturated rings. The largest absolute Gasteiger partial charge is 0.467 e. The minimum absolute atomic E-state index is 0.0312. The fraction of sp³-hybridized carbons (Fsp3) is 0.267. The van der Waals surface area contributed by atoms with Crippen LogP contribution in [0.1, 0.15) is 18.2 Å². The van der Waals surface area contributed by atoms with Crippen LogP contribution in [0.2, 0.25) is 0 Å². The van der Waals surface area contributed by atoms with Gasteiger partial charge in [0.25, 0.3) is 0 Å². The summed E-state index contributed by atoms with van der Waals surface area (Å²) in [5, 5.41) is 5.45. The van der Waals surface area contributed by atoms with Crippen LogP contribution in [0.5, 0.6) is 0 Å². The second-order valence-corrected chi connectivity index (χ2v) is 4.77. The first kappa shape index (κ1) is 16.1. The number of benzene rings is 1. The van der Waals surface area contributed by atoms with Crippen LogP contribution < -0.4 is 10.6 Å². The summed E-state index contributed by atoms with van der Waals surface area (Å²) in [4.78, 5) is 11.8. The van der Waals surface area contributed by atoms with Crippen molar-refractivity contribution >= 4 is 5.91 Å². The predicted octanol–water partition coefficient (Wildman–Crippen LogP) is 2.49. The minimum atomic E-state index is -1.51. The zero-order valence-corrected chi connectivity index (χ0v) is 11.8. The summed E-state index contributed by atoms with van der Waals surface area (Å²) >= 11 is 0. The highest BCUT2D eigenvalue weighted by atomic mass is 19.2. The van der Waals surface area contributed by atoms with Gasteiger partial charge in [-0.2, -0.15) is 0 Å². The number of carbonyl (C=O) groups is 1. The number of halogens is 3. The quantitative estimate of drug-likeness (QED) is 0.806. The molecule has 7 heteroatoms. The smallest absolute Gasteiger partial charge is 0.237 e. The van der Waals surface area contributed by atoms with E-state index in [-0.39, 0.29) is 24.6 Å². The molecule has 1 aromatic heterocycles. The molecule has 2 N–H and O–H groups in total. The zero-order valence-electron chi connectivity index (χ0n) is 11.8. The lowest BCUT2D eigenvalue weighted by atomic mass is 10.2. The lowest BCUT2D eigenvalue weighted by Crippen LogP contribution is -2.41. The molecule has 0 aliphatic heterocycles. The number of carbonyl (C=O) groups excluding carboxylic acids is 1. The van der Waals surface area contributed by atoms with Gasteiger partial charge >= 0.3 is 0 Å². The number of furan rings is 1. The molecule has 4 nitrogen and oxygen atoms in total. The summed E-state index contributed by atoms with van der Waals surface area (Å²) in [5.41, 5.74) is 0.210. The van der Waals surface area contributed by atoms with E-state index in [1.165, 1.54) is 6.26 Å². The summed E-state index contributed by atoms with van der Waals surface area (Å²) in [7, 11) is 0. The van der Waals surface area contributed by atoms with E-state index in [4.69, 9.17) is 4.42 Å². The maximum absolute atomic E-state index is 13.1. The highest BCUT2D eigenvalue weighted by Gasteiger charge is 2.14. The molecule has 1 unspecified atom stereocenters. The van der Waals surface area contributed by atoms with Crippen molar-refractivity contribution in [2.75, 3.05) is 0 Å². The Morgan fingerprint density at radius 3 is 2.50 bits per heavy atom. The van der Waals surface area contributed by atoms with Crippen LogP contribution in [0.3, 0.4) is 0 Å². The van der Waals surface area contributed by atoms with Gasteiger partial charge in [0.05, 0.1) is 18.8 Å². The van der Waals surface area contributed by atoms with Gasteiger partial charge in [-0.3, -0.25) is 4.79 Å². The van der Waals surface area contributed by atoms with E-state index >= 15 is 0 Å². The monoisotopic (exact) mass is 312 g/mol. The van der Waals surface area contributed by atoms with Crippen molar-refractivity contribution in [1.29, 1.82) is 0 Å². The maximum atomic E-state index is 13.1. The van der Waals surface area contributed by atoms with Crippen molar-refractivity contribution in [2.24, 2.45) is 0 Å². The highest BCUT2D eigenvalue weighted by Crippen LogP contribution is 2.13. The predicted molar refractivity (Wildman–Crippen MR) is 73.2 cm³/mol. The van der Waals surface area contributed by atoms with Gasteiger partial charge in [-0.1, -0.05) is 0 Å².